The van der Waals surface area contributed by atoms with E-state index >= 15 is 0 Å². The van der Waals surface area contributed by atoms with Crippen molar-refractivity contribution in [2.75, 3.05) is 6.61 Å². The minimum absolute atomic E-state index is 0.115. The number of fused-ring (bicyclic) bond motifs is 1. The van der Waals surface area contributed by atoms with Crippen LogP contribution in [0.1, 0.15) is 37.5 Å². The molecule has 0 aliphatic rings. The van der Waals surface area contributed by atoms with E-state index in [0.717, 1.165) is 17.2 Å². The average Bonchev–Trinajstić information content (AvgIpc) is 2.66. The number of ether oxygens (including phenoxy) is 1. The number of nitro groups is 1. The van der Waals surface area contributed by atoms with Gasteiger partial charge in [0.25, 0.3) is 5.69 Å². The Morgan fingerprint density at radius 3 is 2.57 bits per heavy atom. The summed E-state index contributed by atoms with van der Waals surface area (Å²) >= 11 is 0. The molecule has 1 heterocycles. The molecule has 0 amide bonds. The van der Waals surface area contributed by atoms with Gasteiger partial charge in [0.1, 0.15) is 0 Å². The maximum absolute atomic E-state index is 12.6. The number of Topliss-reactive ketones (excluding diaryl/α,β-unsaturated/α-hetero) is 1. The number of nitrogens with zero attached hydrogens (tertiary/aromatic N) is 2. The second-order valence-electron chi connectivity index (χ2n) is 6.60. The minimum Gasteiger partial charge on any atom is -0.454 e. The number of rotatable bonds is 5. The van der Waals surface area contributed by atoms with Crippen molar-refractivity contribution in [3.8, 4) is 0 Å². The Balaban J connectivity index is 1.85. The van der Waals surface area contributed by atoms with Crippen molar-refractivity contribution in [1.82, 2.24) is 4.98 Å². The molecule has 0 unspecified atom stereocenters. The third-order valence-corrected chi connectivity index (χ3v) is 4.31. The molecule has 1 aromatic heterocycles. The monoisotopic (exact) mass is 378 g/mol. The third kappa shape index (κ3) is 3.88. The Hall–Kier alpha value is -3.61. The number of nitro benzene ring substituents is 1. The maximum Gasteiger partial charge on any atom is 0.339 e. The summed E-state index contributed by atoms with van der Waals surface area (Å²) in [5.41, 5.74) is 3.56. The first-order valence-electron chi connectivity index (χ1n) is 8.59. The van der Waals surface area contributed by atoms with Crippen molar-refractivity contribution in [3.05, 3.63) is 80.5 Å². The minimum atomic E-state index is -0.640. The van der Waals surface area contributed by atoms with Gasteiger partial charge in [-0.25, -0.2) is 4.79 Å². The van der Waals surface area contributed by atoms with Gasteiger partial charge in [-0.2, -0.15) is 0 Å². The number of aryl methyl sites for hydroxylation is 3. The van der Waals surface area contributed by atoms with Gasteiger partial charge >= 0.3 is 5.97 Å². The standard InChI is InChI=1S/C21H18N2O5/c1-12-7-13(2)20-17(8-12)18(9-14(3)22-20)21(25)28-11-19(24)15-5-4-6-16(10-15)23(26)27/h4-10H,11H2,1-3H3. The fraction of sp³-hybridized carbons (Fsp3) is 0.190. The topological polar surface area (TPSA) is 99.4 Å². The zero-order valence-corrected chi connectivity index (χ0v) is 15.7. The molecule has 7 heteroatoms. The van der Waals surface area contributed by atoms with E-state index in [2.05, 4.69) is 4.98 Å². The van der Waals surface area contributed by atoms with Crippen molar-refractivity contribution < 1.29 is 19.2 Å². The number of pyridine rings is 1. The molecule has 3 rings (SSSR count). The fourth-order valence-corrected chi connectivity index (χ4v) is 3.06. The number of esters is 1. The van der Waals surface area contributed by atoms with Crippen LogP contribution in [0, 0.1) is 30.9 Å². The van der Waals surface area contributed by atoms with Crippen LogP contribution in [0.25, 0.3) is 10.9 Å². The largest absolute Gasteiger partial charge is 0.454 e. The van der Waals surface area contributed by atoms with Crippen LogP contribution in [0.4, 0.5) is 5.69 Å². The zero-order chi connectivity index (χ0) is 20.4. The highest BCUT2D eigenvalue weighted by atomic mass is 16.6. The lowest BCUT2D eigenvalue weighted by Crippen LogP contribution is -2.15. The summed E-state index contributed by atoms with van der Waals surface area (Å²) in [6.45, 7) is 5.12. The summed E-state index contributed by atoms with van der Waals surface area (Å²) in [4.78, 5) is 39.7. The number of carbonyl (C=O) groups is 2. The smallest absolute Gasteiger partial charge is 0.339 e. The van der Waals surface area contributed by atoms with E-state index in [1.165, 1.54) is 18.2 Å². The van der Waals surface area contributed by atoms with E-state index in [-0.39, 0.29) is 11.3 Å². The van der Waals surface area contributed by atoms with Crippen LogP contribution < -0.4 is 0 Å². The van der Waals surface area contributed by atoms with Crippen LogP contribution in [-0.4, -0.2) is 28.3 Å². The van der Waals surface area contributed by atoms with E-state index in [9.17, 15) is 19.7 Å². The lowest BCUT2D eigenvalue weighted by Gasteiger charge is -2.11. The van der Waals surface area contributed by atoms with Crippen LogP contribution in [0.5, 0.6) is 0 Å². The highest BCUT2D eigenvalue weighted by Crippen LogP contribution is 2.24. The number of hydrogen-bond acceptors (Lipinski definition) is 6. The molecule has 2 aromatic carbocycles. The molecule has 3 aromatic rings. The molecule has 0 aliphatic carbocycles. The molecule has 0 bridgehead atoms. The van der Waals surface area contributed by atoms with Gasteiger partial charge in [0.2, 0.25) is 5.78 Å². The lowest BCUT2D eigenvalue weighted by molar-refractivity contribution is -0.384. The van der Waals surface area contributed by atoms with Crippen LogP contribution in [0.3, 0.4) is 0 Å². The van der Waals surface area contributed by atoms with Crippen LogP contribution in [0.2, 0.25) is 0 Å². The summed E-state index contributed by atoms with van der Waals surface area (Å²) in [5, 5.41) is 11.5. The van der Waals surface area contributed by atoms with Gasteiger partial charge in [0.05, 0.1) is 16.0 Å². The molecule has 0 N–H and O–H groups in total. The number of carbonyl (C=O) groups excluding carboxylic acids is 2. The van der Waals surface area contributed by atoms with Gasteiger partial charge in [0.15, 0.2) is 6.61 Å². The van der Waals surface area contributed by atoms with Gasteiger partial charge < -0.3 is 4.74 Å². The van der Waals surface area contributed by atoms with Crippen LogP contribution in [-0.2, 0) is 4.74 Å². The third-order valence-electron chi connectivity index (χ3n) is 4.31. The highest BCUT2D eigenvalue weighted by molar-refractivity contribution is 6.06. The van der Waals surface area contributed by atoms with Gasteiger partial charge in [-0.15, -0.1) is 0 Å². The van der Waals surface area contributed by atoms with Crippen molar-refractivity contribution in [3.63, 3.8) is 0 Å². The lowest BCUT2D eigenvalue weighted by atomic mass is 10.0. The first kappa shape index (κ1) is 19.2. The molecular formula is C21H18N2O5. The maximum atomic E-state index is 12.6. The van der Waals surface area contributed by atoms with E-state index in [1.807, 2.05) is 26.0 Å². The molecule has 7 nitrogen and oxygen atoms in total. The number of non-ortho nitro benzene ring substituents is 1. The van der Waals surface area contributed by atoms with Crippen molar-refractivity contribution in [2.45, 2.75) is 20.8 Å². The molecule has 142 valence electrons. The first-order chi connectivity index (χ1) is 13.3. The zero-order valence-electron chi connectivity index (χ0n) is 15.7. The summed E-state index contributed by atoms with van der Waals surface area (Å²) in [6.07, 6.45) is 0. The average molecular weight is 378 g/mol. The van der Waals surface area contributed by atoms with E-state index in [4.69, 9.17) is 4.74 Å². The van der Waals surface area contributed by atoms with Crippen molar-refractivity contribution in [1.29, 1.82) is 0 Å². The number of benzene rings is 2. The first-order valence-corrected chi connectivity index (χ1v) is 8.59. The Bertz CT molecular complexity index is 1120. The summed E-state index contributed by atoms with van der Waals surface area (Å²) in [5.74, 6) is -1.15. The molecule has 0 saturated carbocycles. The quantitative estimate of drug-likeness (QED) is 0.287. The fourth-order valence-electron chi connectivity index (χ4n) is 3.06. The summed E-state index contributed by atoms with van der Waals surface area (Å²) in [7, 11) is 0. The number of ketones is 1. The highest BCUT2D eigenvalue weighted by Gasteiger charge is 2.18. The second kappa shape index (κ2) is 7.56. The van der Waals surface area contributed by atoms with Gasteiger partial charge in [-0.3, -0.25) is 19.9 Å². The second-order valence-corrected chi connectivity index (χ2v) is 6.60. The van der Waals surface area contributed by atoms with Gasteiger partial charge in [-0.1, -0.05) is 23.8 Å². The summed E-state index contributed by atoms with van der Waals surface area (Å²) in [6, 6.07) is 10.8. The van der Waals surface area contributed by atoms with E-state index in [0.29, 0.717) is 22.2 Å². The molecule has 0 aliphatic heterocycles. The van der Waals surface area contributed by atoms with E-state index < -0.39 is 23.3 Å². The predicted octanol–water partition coefficient (Wildman–Crippen LogP) is 4.11. The molecule has 0 spiro atoms. The molecular weight excluding hydrogens is 360 g/mol. The Morgan fingerprint density at radius 2 is 1.86 bits per heavy atom. The van der Waals surface area contributed by atoms with Gasteiger partial charge in [0, 0.05) is 28.8 Å². The molecule has 0 atom stereocenters. The molecule has 28 heavy (non-hydrogen) atoms. The Kier molecular flexibility index (Phi) is 5.17. The number of hydrogen-bond donors (Lipinski definition) is 0. The molecule has 0 saturated heterocycles. The molecule has 0 radical (unpaired) electrons. The number of aromatic nitrogens is 1. The van der Waals surface area contributed by atoms with Crippen molar-refractivity contribution in [2.24, 2.45) is 0 Å². The molecule has 0 fully saturated rings. The Morgan fingerprint density at radius 1 is 1.11 bits per heavy atom. The van der Waals surface area contributed by atoms with E-state index in [1.54, 1.807) is 13.0 Å². The Labute approximate surface area is 161 Å². The van der Waals surface area contributed by atoms with Crippen LogP contribution in [0.15, 0.2) is 42.5 Å². The van der Waals surface area contributed by atoms with Crippen LogP contribution >= 0.6 is 0 Å². The van der Waals surface area contributed by atoms with Gasteiger partial charge in [-0.05, 0) is 38.5 Å². The van der Waals surface area contributed by atoms with Crippen molar-refractivity contribution >= 4 is 28.3 Å². The normalized spacial score (nSPS) is 10.7. The summed E-state index contributed by atoms with van der Waals surface area (Å²) < 4.78 is 5.20. The SMILES string of the molecule is Cc1cc(C)c2nc(C)cc(C(=O)OCC(=O)c3cccc([N+](=O)[O-])c3)c2c1. The predicted molar refractivity (Wildman–Crippen MR) is 104 cm³/mol.